The highest BCUT2D eigenvalue weighted by Crippen LogP contribution is 2.54. The first-order chi connectivity index (χ1) is 17.3. The maximum atomic E-state index is 13.0. The van der Waals surface area contributed by atoms with Crippen LogP contribution >= 0.6 is 0 Å². The Balaban J connectivity index is 0.866. The summed E-state index contributed by atoms with van der Waals surface area (Å²) >= 11 is 0. The van der Waals surface area contributed by atoms with E-state index in [-0.39, 0.29) is 30.3 Å². The molecule has 5 heterocycles. The number of amides is 2. The van der Waals surface area contributed by atoms with Crippen LogP contribution in [-0.4, -0.2) is 81.0 Å². The highest BCUT2D eigenvalue weighted by atomic mass is 19.4. The van der Waals surface area contributed by atoms with E-state index in [2.05, 4.69) is 15.1 Å². The van der Waals surface area contributed by atoms with Crippen molar-refractivity contribution >= 4 is 11.8 Å². The Morgan fingerprint density at radius 3 is 2.39 bits per heavy atom. The summed E-state index contributed by atoms with van der Waals surface area (Å²) in [6, 6.07) is 4.28. The Kier molecular flexibility index (Phi) is 4.86. The van der Waals surface area contributed by atoms with Crippen LogP contribution in [0.25, 0.3) is 0 Å². The predicted molar refractivity (Wildman–Crippen MR) is 125 cm³/mol. The average Bonchev–Trinajstić information content (AvgIpc) is 3.27. The molecule has 8 nitrogen and oxygen atoms in total. The maximum Gasteiger partial charge on any atom is 0.393 e. The Morgan fingerprint density at radius 1 is 0.972 bits per heavy atom. The van der Waals surface area contributed by atoms with Gasteiger partial charge in [0, 0.05) is 62.7 Å². The second-order valence-corrected chi connectivity index (χ2v) is 11.6. The maximum absolute atomic E-state index is 13.0. The molecule has 0 radical (unpaired) electrons. The molecule has 2 aromatic heterocycles. The third kappa shape index (κ3) is 3.82. The Bertz CT molecular complexity index is 1140. The van der Waals surface area contributed by atoms with E-state index in [1.54, 1.807) is 11.1 Å². The van der Waals surface area contributed by atoms with Crippen molar-refractivity contribution < 1.29 is 18.0 Å². The van der Waals surface area contributed by atoms with Crippen LogP contribution < -0.4 is 4.90 Å². The van der Waals surface area contributed by atoms with Crippen molar-refractivity contribution in [3.63, 3.8) is 0 Å². The van der Waals surface area contributed by atoms with Gasteiger partial charge in [0.05, 0.1) is 12.0 Å². The molecule has 3 saturated heterocycles. The highest BCUT2D eigenvalue weighted by Gasteiger charge is 2.55. The topological polar surface area (TPSA) is 70.4 Å². The SMILES string of the molecule is O=C(N1CC(c2ccc(N3CC[C@H](C(F)(F)F)C3)nc2)C1)N1CC2(CC(n3cnc(C4CC4)n3)C2)C1. The average molecular weight is 502 g/mol. The van der Waals surface area contributed by atoms with Gasteiger partial charge < -0.3 is 14.7 Å². The summed E-state index contributed by atoms with van der Waals surface area (Å²) in [5.41, 5.74) is 1.28. The van der Waals surface area contributed by atoms with E-state index in [0.717, 1.165) is 37.3 Å². The first kappa shape index (κ1) is 22.4. The molecule has 1 atom stereocenters. The van der Waals surface area contributed by atoms with E-state index < -0.39 is 12.1 Å². The van der Waals surface area contributed by atoms with Crippen molar-refractivity contribution in [3.8, 4) is 0 Å². The van der Waals surface area contributed by atoms with E-state index in [9.17, 15) is 18.0 Å². The lowest BCUT2D eigenvalue weighted by atomic mass is 9.61. The van der Waals surface area contributed by atoms with E-state index in [1.807, 2.05) is 32.9 Å². The van der Waals surface area contributed by atoms with Crippen molar-refractivity contribution in [2.45, 2.75) is 56.2 Å². The van der Waals surface area contributed by atoms with Gasteiger partial charge in [-0.2, -0.15) is 18.3 Å². The number of hydrogen-bond donors (Lipinski definition) is 0. The normalized spacial score (nSPS) is 26.2. The number of halogens is 3. The van der Waals surface area contributed by atoms with Crippen LogP contribution in [0.15, 0.2) is 24.7 Å². The molecule has 36 heavy (non-hydrogen) atoms. The standard InChI is InChI=1S/C25H30F3N7O/c26-25(27,28)19-5-6-32(12-19)21-4-3-17(9-29-21)18-10-33(11-18)23(36)34-13-24(14-34)7-20(8-24)35-15-30-22(31-35)16-1-2-16/h3-4,9,15-16,18-20H,1-2,5-8,10-14H2/t19-/m0/s1. The zero-order valence-corrected chi connectivity index (χ0v) is 20.1. The van der Waals surface area contributed by atoms with Gasteiger partial charge in [0.2, 0.25) is 0 Å². The summed E-state index contributed by atoms with van der Waals surface area (Å²) in [6.07, 6.45) is 4.14. The molecule has 0 aromatic carbocycles. The number of hydrogen-bond acceptors (Lipinski definition) is 5. The molecule has 5 fully saturated rings. The van der Waals surface area contributed by atoms with Gasteiger partial charge in [-0.3, -0.25) is 0 Å². The summed E-state index contributed by atoms with van der Waals surface area (Å²) in [6.45, 7) is 3.31. The molecule has 3 aliphatic heterocycles. The first-order valence-electron chi connectivity index (χ1n) is 13.0. The molecular weight excluding hydrogens is 471 g/mol. The fraction of sp³-hybridized carbons (Fsp3) is 0.680. The third-order valence-electron chi connectivity index (χ3n) is 8.87. The fourth-order valence-electron chi connectivity index (χ4n) is 6.38. The molecule has 0 bridgehead atoms. The van der Waals surface area contributed by atoms with E-state index in [1.165, 1.54) is 12.8 Å². The van der Waals surface area contributed by atoms with Gasteiger partial charge in [-0.05, 0) is 43.7 Å². The Morgan fingerprint density at radius 2 is 1.75 bits per heavy atom. The minimum atomic E-state index is -4.15. The molecule has 2 aromatic rings. The number of alkyl halides is 3. The van der Waals surface area contributed by atoms with Crippen molar-refractivity contribution in [2.24, 2.45) is 11.3 Å². The molecule has 2 aliphatic carbocycles. The van der Waals surface area contributed by atoms with E-state index in [0.29, 0.717) is 37.4 Å². The Labute approximate surface area is 207 Å². The lowest BCUT2D eigenvalue weighted by Crippen LogP contribution is -2.67. The first-order valence-corrected chi connectivity index (χ1v) is 13.0. The summed E-state index contributed by atoms with van der Waals surface area (Å²) in [4.78, 5) is 27.3. The van der Waals surface area contributed by atoms with Crippen molar-refractivity contribution in [1.82, 2.24) is 29.5 Å². The molecule has 0 unspecified atom stereocenters. The third-order valence-corrected chi connectivity index (χ3v) is 8.87. The molecule has 0 N–H and O–H groups in total. The monoisotopic (exact) mass is 501 g/mol. The van der Waals surface area contributed by atoms with Crippen LogP contribution in [0.3, 0.4) is 0 Å². The lowest BCUT2D eigenvalue weighted by Gasteiger charge is -2.60. The number of urea groups is 1. The van der Waals surface area contributed by atoms with Gasteiger partial charge >= 0.3 is 12.2 Å². The zero-order chi connectivity index (χ0) is 24.7. The lowest BCUT2D eigenvalue weighted by molar-refractivity contribution is -0.168. The minimum absolute atomic E-state index is 0.0278. The summed E-state index contributed by atoms with van der Waals surface area (Å²) < 4.78 is 40.9. The largest absolute Gasteiger partial charge is 0.393 e. The number of likely N-dealkylation sites (tertiary alicyclic amines) is 2. The number of nitrogens with zero attached hydrogens (tertiary/aromatic N) is 7. The predicted octanol–water partition coefficient (Wildman–Crippen LogP) is 3.80. The molecule has 1 spiro atoms. The van der Waals surface area contributed by atoms with Gasteiger partial charge in [0.1, 0.15) is 12.1 Å². The molecule has 7 rings (SSSR count). The van der Waals surface area contributed by atoms with Crippen molar-refractivity contribution in [1.29, 1.82) is 0 Å². The van der Waals surface area contributed by atoms with Gasteiger partial charge in [-0.25, -0.2) is 19.4 Å². The number of aromatic nitrogens is 4. The Hall–Kier alpha value is -2.85. The minimum Gasteiger partial charge on any atom is -0.356 e. The van der Waals surface area contributed by atoms with Crippen LogP contribution in [0.5, 0.6) is 0 Å². The highest BCUT2D eigenvalue weighted by molar-refractivity contribution is 5.77. The van der Waals surface area contributed by atoms with Crippen LogP contribution in [0.1, 0.15) is 61.4 Å². The van der Waals surface area contributed by atoms with Gasteiger partial charge in [-0.15, -0.1) is 0 Å². The molecule has 5 aliphatic rings. The second kappa shape index (κ2) is 7.82. The molecule has 11 heteroatoms. The number of pyridine rings is 1. The second-order valence-electron chi connectivity index (χ2n) is 11.6. The summed E-state index contributed by atoms with van der Waals surface area (Å²) in [7, 11) is 0. The van der Waals surface area contributed by atoms with Crippen molar-refractivity contribution in [3.05, 3.63) is 36.0 Å². The fourth-order valence-corrected chi connectivity index (χ4v) is 6.38. The van der Waals surface area contributed by atoms with Gasteiger partial charge in [-0.1, -0.05) is 6.07 Å². The number of carbonyl (C=O) groups excluding carboxylic acids is 1. The quantitative estimate of drug-likeness (QED) is 0.638. The number of anilines is 1. The molecule has 2 saturated carbocycles. The number of rotatable bonds is 4. The zero-order valence-electron chi connectivity index (χ0n) is 20.1. The molecule has 192 valence electrons. The van der Waals surface area contributed by atoms with Gasteiger partial charge in [0.15, 0.2) is 5.82 Å². The van der Waals surface area contributed by atoms with Crippen LogP contribution in [0.4, 0.5) is 23.8 Å². The van der Waals surface area contributed by atoms with Crippen LogP contribution in [0.2, 0.25) is 0 Å². The summed E-state index contributed by atoms with van der Waals surface area (Å²) in [5, 5.41) is 4.66. The molecule has 2 amide bonds. The van der Waals surface area contributed by atoms with Crippen molar-refractivity contribution in [2.75, 3.05) is 44.2 Å². The molecular formula is C25H30F3N7O. The van der Waals surface area contributed by atoms with Crippen LogP contribution in [-0.2, 0) is 0 Å². The van der Waals surface area contributed by atoms with E-state index in [4.69, 9.17) is 0 Å². The smallest absolute Gasteiger partial charge is 0.356 e. The summed E-state index contributed by atoms with van der Waals surface area (Å²) in [5.74, 6) is 1.11. The van der Waals surface area contributed by atoms with E-state index >= 15 is 0 Å². The van der Waals surface area contributed by atoms with Crippen LogP contribution in [0, 0.1) is 11.3 Å². The van der Waals surface area contributed by atoms with Gasteiger partial charge in [0.25, 0.3) is 0 Å². The number of carbonyl (C=O) groups is 1.